The minimum Gasteiger partial charge on any atom is -0.478 e. The Hall–Kier alpha value is -3.62. The minimum atomic E-state index is -4.86. The molecule has 0 aliphatic heterocycles. The molecule has 0 saturated carbocycles. The number of halogens is 3. The number of imidazole rings is 1. The highest BCUT2D eigenvalue weighted by atomic mass is 19.4. The van der Waals surface area contributed by atoms with E-state index in [1.165, 1.54) is 6.07 Å². The first-order valence-corrected chi connectivity index (χ1v) is 11.5. The monoisotopic (exact) mass is 488 g/mol. The van der Waals surface area contributed by atoms with Crippen LogP contribution in [-0.2, 0) is 19.1 Å². The number of hydrogen-bond acceptors (Lipinski definition) is 3. The summed E-state index contributed by atoms with van der Waals surface area (Å²) in [5.41, 5.74) is -0.590. The van der Waals surface area contributed by atoms with Gasteiger partial charge >= 0.3 is 17.8 Å². The average Bonchev–Trinajstić information content (AvgIpc) is 3.10. The molecule has 0 aliphatic carbocycles. The van der Waals surface area contributed by atoms with E-state index >= 15 is 0 Å². The van der Waals surface area contributed by atoms with Gasteiger partial charge in [-0.05, 0) is 42.0 Å². The van der Waals surface area contributed by atoms with Gasteiger partial charge in [0.1, 0.15) is 0 Å². The zero-order chi connectivity index (χ0) is 25.8. The highest BCUT2D eigenvalue weighted by Crippen LogP contribution is 2.33. The largest absolute Gasteiger partial charge is 0.478 e. The number of alkyl halides is 3. The van der Waals surface area contributed by atoms with Crippen LogP contribution >= 0.6 is 0 Å². The summed E-state index contributed by atoms with van der Waals surface area (Å²) in [6.07, 6.45) is -3.65. The highest BCUT2D eigenvalue weighted by Gasteiger charge is 2.42. The first-order chi connectivity index (χ1) is 16.6. The number of carboxylic acid groups (broad SMARTS) is 1. The van der Waals surface area contributed by atoms with E-state index in [1.54, 1.807) is 49.4 Å². The van der Waals surface area contributed by atoms with Crippen LogP contribution in [0.4, 0.5) is 13.2 Å². The first kappa shape index (κ1) is 26.0. The molecule has 0 saturated heterocycles. The molecule has 0 bridgehead atoms. The molecule has 186 valence electrons. The van der Waals surface area contributed by atoms with Gasteiger partial charge in [-0.2, -0.15) is 13.2 Å². The molecule has 3 rings (SSSR count). The maximum absolute atomic E-state index is 14.0. The molecular formula is C26H27F3N2O4. The molecule has 35 heavy (non-hydrogen) atoms. The Balaban J connectivity index is 2.08. The highest BCUT2D eigenvalue weighted by molar-refractivity contribution is 5.96. The van der Waals surface area contributed by atoms with Crippen LogP contribution in [-0.4, -0.2) is 26.1 Å². The van der Waals surface area contributed by atoms with Crippen LogP contribution in [0.15, 0.2) is 53.3 Å². The average molecular weight is 489 g/mol. The third kappa shape index (κ3) is 5.55. The summed E-state index contributed by atoms with van der Waals surface area (Å²) in [6.45, 7) is 3.35. The Morgan fingerprint density at radius 2 is 1.63 bits per heavy atom. The first-order valence-electron chi connectivity index (χ1n) is 11.5. The molecule has 0 atom stereocenters. The number of carboxylic acids is 1. The van der Waals surface area contributed by atoms with Gasteiger partial charge < -0.3 is 5.11 Å². The van der Waals surface area contributed by atoms with Crippen molar-refractivity contribution in [3.63, 3.8) is 0 Å². The number of unbranched alkanes of at least 4 members (excludes halogenated alkanes) is 1. The van der Waals surface area contributed by atoms with Crippen LogP contribution in [0.3, 0.4) is 0 Å². The van der Waals surface area contributed by atoms with Gasteiger partial charge in [0.2, 0.25) is 5.91 Å². The van der Waals surface area contributed by atoms with Crippen molar-refractivity contribution >= 4 is 11.9 Å². The Bertz CT molecular complexity index is 1270. The van der Waals surface area contributed by atoms with Gasteiger partial charge in [0.05, 0.1) is 17.8 Å². The molecule has 0 aliphatic rings. The summed E-state index contributed by atoms with van der Waals surface area (Å²) >= 11 is 0. The van der Waals surface area contributed by atoms with Gasteiger partial charge in [-0.3, -0.25) is 9.36 Å². The van der Waals surface area contributed by atoms with E-state index in [1.807, 2.05) is 6.92 Å². The smallest absolute Gasteiger partial charge is 0.433 e. The summed E-state index contributed by atoms with van der Waals surface area (Å²) in [4.78, 5) is 37.1. The van der Waals surface area contributed by atoms with Gasteiger partial charge in [-0.1, -0.05) is 62.7 Å². The minimum absolute atomic E-state index is 0.0110. The van der Waals surface area contributed by atoms with Crippen LogP contribution in [0.25, 0.3) is 11.1 Å². The number of benzene rings is 2. The molecule has 0 unspecified atom stereocenters. The third-order valence-corrected chi connectivity index (χ3v) is 5.76. The summed E-state index contributed by atoms with van der Waals surface area (Å²) in [6, 6.07) is 13.1. The fourth-order valence-corrected chi connectivity index (χ4v) is 4.09. The van der Waals surface area contributed by atoms with Gasteiger partial charge in [0.15, 0.2) is 5.69 Å². The summed E-state index contributed by atoms with van der Waals surface area (Å²) in [5, 5.41) is 9.43. The lowest BCUT2D eigenvalue weighted by Crippen LogP contribution is -2.32. The lowest BCUT2D eigenvalue weighted by molar-refractivity contribution is -0.143. The lowest BCUT2D eigenvalue weighted by Gasteiger charge is -2.13. The van der Waals surface area contributed by atoms with Crippen LogP contribution in [0.1, 0.15) is 71.6 Å². The molecule has 3 aromatic rings. The molecule has 0 radical (unpaired) electrons. The second-order valence-corrected chi connectivity index (χ2v) is 8.29. The number of rotatable bonds is 9. The second kappa shape index (κ2) is 10.8. The fraction of sp³-hybridized carbons (Fsp3) is 0.346. The summed E-state index contributed by atoms with van der Waals surface area (Å²) in [5.74, 6) is -1.95. The number of hydrogen-bond donors (Lipinski definition) is 1. The van der Waals surface area contributed by atoms with Crippen molar-refractivity contribution in [3.8, 4) is 11.1 Å². The van der Waals surface area contributed by atoms with Crippen LogP contribution in [0.2, 0.25) is 0 Å². The van der Waals surface area contributed by atoms with E-state index < -0.39 is 29.4 Å². The van der Waals surface area contributed by atoms with Gasteiger partial charge in [0.25, 0.3) is 0 Å². The number of nitrogens with zero attached hydrogens (tertiary/aromatic N) is 2. The zero-order valence-electron chi connectivity index (χ0n) is 19.6. The Morgan fingerprint density at radius 1 is 0.971 bits per heavy atom. The van der Waals surface area contributed by atoms with E-state index in [0.29, 0.717) is 36.0 Å². The lowest BCUT2D eigenvalue weighted by atomic mass is 9.98. The SMILES string of the molecule is CCCCc1c(C(F)(F)F)n(C(=O)CCC)c(=O)n1Cc1ccc(-c2ccccc2C(=O)O)cc1. The van der Waals surface area contributed by atoms with Crippen molar-refractivity contribution < 1.29 is 27.9 Å². The van der Waals surface area contributed by atoms with Crippen molar-refractivity contribution in [2.24, 2.45) is 0 Å². The molecule has 0 fully saturated rings. The number of aromatic carboxylic acids is 1. The van der Waals surface area contributed by atoms with E-state index in [0.717, 1.165) is 4.57 Å². The molecule has 0 amide bonds. The van der Waals surface area contributed by atoms with Crippen molar-refractivity contribution in [1.82, 2.24) is 9.13 Å². The quantitative estimate of drug-likeness (QED) is 0.409. The van der Waals surface area contributed by atoms with Gasteiger partial charge in [-0.15, -0.1) is 0 Å². The van der Waals surface area contributed by atoms with Crippen LogP contribution < -0.4 is 5.69 Å². The van der Waals surface area contributed by atoms with E-state index in [-0.39, 0.29) is 35.2 Å². The van der Waals surface area contributed by atoms with Crippen molar-refractivity contribution in [2.45, 2.75) is 58.7 Å². The van der Waals surface area contributed by atoms with E-state index in [4.69, 9.17) is 0 Å². The van der Waals surface area contributed by atoms with E-state index in [9.17, 15) is 32.7 Å². The van der Waals surface area contributed by atoms with Crippen LogP contribution in [0, 0.1) is 0 Å². The number of carbonyl (C=O) groups is 2. The van der Waals surface area contributed by atoms with Gasteiger partial charge in [-0.25, -0.2) is 14.2 Å². The van der Waals surface area contributed by atoms with Crippen molar-refractivity contribution in [2.75, 3.05) is 0 Å². The normalized spacial score (nSPS) is 11.6. The number of carbonyl (C=O) groups excluding carboxylic acids is 1. The zero-order valence-corrected chi connectivity index (χ0v) is 19.6. The summed E-state index contributed by atoms with van der Waals surface area (Å²) < 4.78 is 43.4. The topological polar surface area (TPSA) is 81.3 Å². The van der Waals surface area contributed by atoms with E-state index in [2.05, 4.69) is 0 Å². The maximum atomic E-state index is 14.0. The standard InChI is InChI=1S/C26H27F3N2O4/c1-3-5-11-21-23(26(27,28)29)31(22(32)8-4-2)25(35)30(21)16-17-12-14-18(15-13-17)19-9-6-7-10-20(19)24(33)34/h6-7,9-10,12-15H,3-5,8,11,16H2,1-2H3,(H,33,34). The molecule has 1 heterocycles. The van der Waals surface area contributed by atoms with Crippen molar-refractivity contribution in [1.29, 1.82) is 0 Å². The molecular weight excluding hydrogens is 461 g/mol. The molecule has 1 aromatic heterocycles. The molecule has 1 N–H and O–H groups in total. The van der Waals surface area contributed by atoms with Crippen LogP contribution in [0.5, 0.6) is 0 Å². The molecule has 2 aromatic carbocycles. The Labute approximate surface area is 200 Å². The predicted molar refractivity (Wildman–Crippen MR) is 126 cm³/mol. The fourth-order valence-electron chi connectivity index (χ4n) is 4.09. The molecule has 6 nitrogen and oxygen atoms in total. The third-order valence-electron chi connectivity index (χ3n) is 5.76. The Kier molecular flexibility index (Phi) is 7.99. The van der Waals surface area contributed by atoms with Gasteiger partial charge in [0, 0.05) is 6.42 Å². The Morgan fingerprint density at radius 3 is 2.20 bits per heavy atom. The van der Waals surface area contributed by atoms with Crippen molar-refractivity contribution in [3.05, 3.63) is 81.5 Å². The summed E-state index contributed by atoms with van der Waals surface area (Å²) in [7, 11) is 0. The molecule has 0 spiro atoms. The maximum Gasteiger partial charge on any atom is 0.433 e. The second-order valence-electron chi connectivity index (χ2n) is 8.29. The molecule has 9 heteroatoms. The number of aromatic nitrogens is 2. The predicted octanol–water partition coefficient (Wildman–Crippen LogP) is 5.87.